The normalized spacial score (nSPS) is 20.4. The van der Waals surface area contributed by atoms with Crippen LogP contribution in [-0.4, -0.2) is 50.3 Å². The molecule has 158 valence electrons. The fourth-order valence-corrected chi connectivity index (χ4v) is 3.42. The second kappa shape index (κ2) is 10.0. The van der Waals surface area contributed by atoms with Gasteiger partial charge >= 0.3 is 5.97 Å². The largest absolute Gasteiger partial charge is 0.478 e. The molecule has 8 nitrogen and oxygen atoms in total. The van der Waals surface area contributed by atoms with Gasteiger partial charge in [-0.25, -0.2) is 14.5 Å². The van der Waals surface area contributed by atoms with E-state index in [-0.39, 0.29) is 19.8 Å². The standard InChI is InChI=1S/C13H13Cl2N3O3.C7H6O2/c14-9-1-2-11(12(15)3-9)13(6-18-8-16-7-17-18)20-5-10(4-19)21-13;8-7(9)6-4-2-1-3-5-6/h1-3,7-8,10,19H,4-6H2;1-5H,(H,8,9)/t10-,13-;/m1./s1. The first-order valence-electron chi connectivity index (χ1n) is 8.92. The number of carboxylic acid groups (broad SMARTS) is 1. The predicted molar refractivity (Wildman–Crippen MR) is 109 cm³/mol. The van der Waals surface area contributed by atoms with Crippen molar-refractivity contribution in [2.24, 2.45) is 0 Å². The van der Waals surface area contributed by atoms with Gasteiger partial charge in [-0.1, -0.05) is 47.5 Å². The Morgan fingerprint density at radius 3 is 2.53 bits per heavy atom. The minimum absolute atomic E-state index is 0.135. The van der Waals surface area contributed by atoms with Gasteiger partial charge in [0.05, 0.1) is 23.8 Å². The molecule has 2 N–H and O–H groups in total. The van der Waals surface area contributed by atoms with E-state index in [1.54, 1.807) is 59.5 Å². The van der Waals surface area contributed by atoms with E-state index in [1.807, 2.05) is 0 Å². The molecule has 0 saturated carbocycles. The average Bonchev–Trinajstić information content (AvgIpc) is 3.40. The zero-order valence-electron chi connectivity index (χ0n) is 15.7. The van der Waals surface area contributed by atoms with Gasteiger partial charge in [0.1, 0.15) is 25.3 Å². The van der Waals surface area contributed by atoms with E-state index < -0.39 is 17.9 Å². The van der Waals surface area contributed by atoms with Crippen molar-refractivity contribution in [1.29, 1.82) is 0 Å². The average molecular weight is 452 g/mol. The van der Waals surface area contributed by atoms with Gasteiger partial charge in [0.15, 0.2) is 0 Å². The molecule has 30 heavy (non-hydrogen) atoms. The van der Waals surface area contributed by atoms with Gasteiger partial charge in [-0.3, -0.25) is 0 Å². The van der Waals surface area contributed by atoms with Crippen molar-refractivity contribution in [2.45, 2.75) is 18.4 Å². The smallest absolute Gasteiger partial charge is 0.335 e. The number of rotatable bonds is 5. The first kappa shape index (κ1) is 22.2. The maximum absolute atomic E-state index is 10.2. The van der Waals surface area contributed by atoms with E-state index in [0.29, 0.717) is 21.2 Å². The predicted octanol–water partition coefficient (Wildman–Crippen LogP) is 3.23. The highest BCUT2D eigenvalue weighted by Gasteiger charge is 2.45. The van der Waals surface area contributed by atoms with Gasteiger partial charge in [-0.15, -0.1) is 0 Å². The van der Waals surface area contributed by atoms with E-state index >= 15 is 0 Å². The van der Waals surface area contributed by atoms with Crippen molar-refractivity contribution < 1.29 is 24.5 Å². The number of aromatic nitrogens is 3. The summed E-state index contributed by atoms with van der Waals surface area (Å²) >= 11 is 12.2. The summed E-state index contributed by atoms with van der Waals surface area (Å²) in [7, 11) is 0. The topological polar surface area (TPSA) is 107 Å². The maximum atomic E-state index is 10.2. The number of ether oxygens (including phenoxy) is 2. The molecule has 0 radical (unpaired) electrons. The molecule has 0 spiro atoms. The molecule has 0 bridgehead atoms. The second-order valence-electron chi connectivity index (χ2n) is 6.37. The van der Waals surface area contributed by atoms with Gasteiger partial charge in [-0.05, 0) is 24.3 Å². The summed E-state index contributed by atoms with van der Waals surface area (Å²) in [6.45, 7) is 0.402. The van der Waals surface area contributed by atoms with E-state index in [4.69, 9.17) is 37.8 Å². The van der Waals surface area contributed by atoms with Gasteiger partial charge in [0.25, 0.3) is 0 Å². The highest BCUT2D eigenvalue weighted by Crippen LogP contribution is 2.40. The van der Waals surface area contributed by atoms with Gasteiger partial charge in [-0.2, -0.15) is 5.10 Å². The van der Waals surface area contributed by atoms with Crippen LogP contribution in [0.3, 0.4) is 0 Å². The van der Waals surface area contributed by atoms with Crippen LogP contribution in [0.1, 0.15) is 15.9 Å². The molecule has 0 amide bonds. The Balaban J connectivity index is 0.000000239. The molecule has 10 heteroatoms. The van der Waals surface area contributed by atoms with Gasteiger partial charge in [0.2, 0.25) is 5.79 Å². The maximum Gasteiger partial charge on any atom is 0.335 e. The Labute approximate surface area is 182 Å². The number of carbonyl (C=O) groups is 1. The molecular formula is C20H19Cl2N3O5. The number of nitrogens with zero attached hydrogens (tertiary/aromatic N) is 3. The zero-order valence-corrected chi connectivity index (χ0v) is 17.2. The van der Waals surface area contributed by atoms with Crippen molar-refractivity contribution in [1.82, 2.24) is 14.8 Å². The SMILES string of the molecule is O=C(O)c1ccccc1.OC[C@@H]1CO[C@@](Cn2cncn2)(c2ccc(Cl)cc2Cl)O1. The van der Waals surface area contributed by atoms with Crippen molar-refractivity contribution >= 4 is 29.2 Å². The zero-order chi connectivity index (χ0) is 21.6. The molecule has 1 aliphatic rings. The third-order valence-electron chi connectivity index (χ3n) is 4.26. The molecular weight excluding hydrogens is 433 g/mol. The van der Waals surface area contributed by atoms with Gasteiger partial charge < -0.3 is 19.7 Å². The van der Waals surface area contributed by atoms with Crippen LogP contribution in [0.15, 0.2) is 61.2 Å². The summed E-state index contributed by atoms with van der Waals surface area (Å²) in [5, 5.41) is 22.7. The molecule has 0 unspecified atom stereocenters. The Hall–Kier alpha value is -2.49. The molecule has 4 rings (SSSR count). The Bertz CT molecular complexity index is 972. The van der Waals surface area contributed by atoms with Crippen LogP contribution in [0.2, 0.25) is 10.0 Å². The van der Waals surface area contributed by atoms with Crippen LogP contribution in [0.5, 0.6) is 0 Å². The van der Waals surface area contributed by atoms with Gasteiger partial charge in [0, 0.05) is 10.6 Å². The lowest BCUT2D eigenvalue weighted by Gasteiger charge is -2.29. The van der Waals surface area contributed by atoms with Crippen molar-refractivity contribution in [3.63, 3.8) is 0 Å². The fraction of sp³-hybridized carbons (Fsp3) is 0.250. The lowest BCUT2D eigenvalue weighted by molar-refractivity contribution is -0.191. The number of carboxylic acids is 1. The lowest BCUT2D eigenvalue weighted by Crippen LogP contribution is -2.34. The number of hydrogen-bond acceptors (Lipinski definition) is 6. The molecule has 1 fully saturated rings. The lowest BCUT2D eigenvalue weighted by atomic mass is 10.1. The summed E-state index contributed by atoms with van der Waals surface area (Å²) < 4.78 is 13.3. The number of benzene rings is 2. The summed E-state index contributed by atoms with van der Waals surface area (Å²) in [6, 6.07) is 13.4. The van der Waals surface area contributed by atoms with E-state index in [2.05, 4.69) is 10.1 Å². The summed E-state index contributed by atoms with van der Waals surface area (Å²) in [5.74, 6) is -2.00. The molecule has 1 aromatic heterocycles. The molecule has 2 heterocycles. The van der Waals surface area contributed by atoms with E-state index in [1.165, 1.54) is 6.33 Å². The number of aliphatic hydroxyl groups excluding tert-OH is 1. The quantitative estimate of drug-likeness (QED) is 0.612. The molecule has 1 aliphatic heterocycles. The molecule has 2 atom stereocenters. The molecule has 3 aromatic rings. The summed E-state index contributed by atoms with van der Waals surface area (Å²) in [5.41, 5.74) is 0.970. The Morgan fingerprint density at radius 1 is 1.23 bits per heavy atom. The van der Waals surface area contributed by atoms with Crippen molar-refractivity contribution in [2.75, 3.05) is 13.2 Å². The number of aliphatic hydroxyl groups is 1. The summed E-state index contributed by atoms with van der Waals surface area (Å²) in [4.78, 5) is 14.1. The van der Waals surface area contributed by atoms with Crippen molar-refractivity contribution in [3.8, 4) is 0 Å². The third-order valence-corrected chi connectivity index (χ3v) is 4.81. The Kier molecular flexibility index (Phi) is 7.41. The van der Waals surface area contributed by atoms with Crippen LogP contribution >= 0.6 is 23.2 Å². The van der Waals surface area contributed by atoms with Crippen LogP contribution < -0.4 is 0 Å². The third kappa shape index (κ3) is 5.35. The minimum Gasteiger partial charge on any atom is -0.478 e. The first-order chi connectivity index (χ1) is 14.4. The molecule has 1 saturated heterocycles. The highest BCUT2D eigenvalue weighted by atomic mass is 35.5. The van der Waals surface area contributed by atoms with Crippen LogP contribution in [0.25, 0.3) is 0 Å². The number of halogens is 2. The van der Waals surface area contributed by atoms with E-state index in [0.717, 1.165) is 0 Å². The number of aromatic carboxylic acids is 1. The number of hydrogen-bond donors (Lipinski definition) is 2. The van der Waals surface area contributed by atoms with Crippen LogP contribution in [-0.2, 0) is 21.8 Å². The summed E-state index contributed by atoms with van der Waals surface area (Å²) in [6.07, 6.45) is 2.57. The van der Waals surface area contributed by atoms with Crippen molar-refractivity contribution in [3.05, 3.63) is 82.4 Å². The van der Waals surface area contributed by atoms with Crippen LogP contribution in [0.4, 0.5) is 0 Å². The van der Waals surface area contributed by atoms with E-state index in [9.17, 15) is 9.90 Å². The Morgan fingerprint density at radius 2 is 2.00 bits per heavy atom. The monoisotopic (exact) mass is 451 g/mol. The van der Waals surface area contributed by atoms with Crippen LogP contribution in [0, 0.1) is 0 Å². The molecule has 0 aliphatic carbocycles. The molecule has 2 aromatic carbocycles. The highest BCUT2D eigenvalue weighted by molar-refractivity contribution is 6.35. The minimum atomic E-state index is -1.12. The first-order valence-corrected chi connectivity index (χ1v) is 9.68. The fourth-order valence-electron chi connectivity index (χ4n) is 2.87. The second-order valence-corrected chi connectivity index (χ2v) is 7.22.